The van der Waals surface area contributed by atoms with Crippen molar-refractivity contribution in [1.82, 2.24) is 14.3 Å². The number of methoxy groups -OCH3 is 1. The number of benzene rings is 1. The van der Waals surface area contributed by atoms with Gasteiger partial charge in [0.25, 0.3) is 0 Å². The van der Waals surface area contributed by atoms with Crippen LogP contribution in [0.4, 0.5) is 4.39 Å². The van der Waals surface area contributed by atoms with Crippen molar-refractivity contribution < 1.29 is 27.1 Å². The van der Waals surface area contributed by atoms with Gasteiger partial charge in [-0.1, -0.05) is 0 Å². The topological polar surface area (TPSA) is 107 Å². The van der Waals surface area contributed by atoms with Crippen LogP contribution in [0.15, 0.2) is 24.5 Å². The summed E-state index contributed by atoms with van der Waals surface area (Å²) < 4.78 is 44.1. The molecule has 0 atom stereocenters. The van der Waals surface area contributed by atoms with E-state index < -0.39 is 27.2 Å². The maximum Gasteiger partial charge on any atom is 0.213 e. The standard InChI is InChI=1S/C22H24FN3O5S/c1-4-32(29,30)26-11-22(12-26)7-16(27)20(17(28)8-22)19-13(2)5-14(6-18(19)31-3)21-24-9-15(23)10-25-21/h5-6,9-10,20H,4,7-8,11-12H2,1-3H3. The fraction of sp³-hybridized carbons (Fsp3) is 0.455. The molecule has 2 fully saturated rings. The fourth-order valence-corrected chi connectivity index (χ4v) is 6.01. The van der Waals surface area contributed by atoms with Crippen LogP contribution < -0.4 is 4.74 Å². The molecule has 1 saturated carbocycles. The van der Waals surface area contributed by atoms with Gasteiger partial charge in [0.1, 0.15) is 23.2 Å². The minimum absolute atomic E-state index is 0.00584. The Labute approximate surface area is 185 Å². The first-order valence-corrected chi connectivity index (χ1v) is 11.9. The van der Waals surface area contributed by atoms with Crippen LogP contribution in [0.2, 0.25) is 0 Å². The number of aromatic nitrogens is 2. The third kappa shape index (κ3) is 3.81. The van der Waals surface area contributed by atoms with Gasteiger partial charge in [-0.3, -0.25) is 9.59 Å². The molecule has 1 aromatic heterocycles. The Kier molecular flexibility index (Phi) is 5.62. The van der Waals surface area contributed by atoms with Crippen LogP contribution in [0.5, 0.6) is 5.75 Å². The smallest absolute Gasteiger partial charge is 0.213 e. The summed E-state index contributed by atoms with van der Waals surface area (Å²) in [5.41, 5.74) is 1.13. The van der Waals surface area contributed by atoms with Gasteiger partial charge in [0.05, 0.1) is 25.3 Å². The van der Waals surface area contributed by atoms with Crippen LogP contribution in [0.25, 0.3) is 11.4 Å². The first-order chi connectivity index (χ1) is 15.1. The Bertz CT molecular complexity index is 1170. The predicted molar refractivity (Wildman–Crippen MR) is 114 cm³/mol. The van der Waals surface area contributed by atoms with Gasteiger partial charge in [-0.05, 0) is 31.5 Å². The van der Waals surface area contributed by atoms with Gasteiger partial charge in [0, 0.05) is 42.5 Å². The Morgan fingerprint density at radius 3 is 2.28 bits per heavy atom. The third-order valence-electron chi connectivity index (χ3n) is 6.26. The molecule has 2 aromatic rings. The first-order valence-electron chi connectivity index (χ1n) is 10.3. The van der Waals surface area contributed by atoms with E-state index >= 15 is 0 Å². The van der Waals surface area contributed by atoms with Crippen LogP contribution in [0, 0.1) is 18.2 Å². The minimum Gasteiger partial charge on any atom is -0.496 e. The Morgan fingerprint density at radius 1 is 1.16 bits per heavy atom. The van der Waals surface area contributed by atoms with E-state index in [1.165, 1.54) is 11.4 Å². The van der Waals surface area contributed by atoms with Gasteiger partial charge in [0.15, 0.2) is 11.6 Å². The number of aryl methyl sites for hydroxylation is 1. The van der Waals surface area contributed by atoms with Crippen LogP contribution in [0.1, 0.15) is 36.8 Å². The largest absolute Gasteiger partial charge is 0.496 e. The van der Waals surface area contributed by atoms with Gasteiger partial charge in [-0.15, -0.1) is 0 Å². The number of Topliss-reactive ketones (excluding diaryl/α,β-unsaturated/α-hetero) is 2. The summed E-state index contributed by atoms with van der Waals surface area (Å²) in [7, 11) is -1.88. The molecule has 0 N–H and O–H groups in total. The van der Waals surface area contributed by atoms with Crippen LogP contribution in [0.3, 0.4) is 0 Å². The van der Waals surface area contributed by atoms with Crippen molar-refractivity contribution in [3.63, 3.8) is 0 Å². The molecule has 0 bridgehead atoms. The number of ketones is 2. The molecule has 170 valence electrons. The van der Waals surface area contributed by atoms with Gasteiger partial charge >= 0.3 is 0 Å². The molecule has 1 aliphatic carbocycles. The summed E-state index contributed by atoms with van der Waals surface area (Å²) in [6.07, 6.45) is 2.41. The van der Waals surface area contributed by atoms with E-state index in [9.17, 15) is 22.4 Å². The van der Waals surface area contributed by atoms with Crippen molar-refractivity contribution >= 4 is 21.6 Å². The number of hydrogen-bond donors (Lipinski definition) is 0. The van der Waals surface area contributed by atoms with E-state index in [2.05, 4.69) is 9.97 Å². The maximum absolute atomic E-state index is 13.2. The number of carbonyl (C=O) groups is 2. The molecule has 8 nitrogen and oxygen atoms in total. The number of carbonyl (C=O) groups excluding carboxylic acids is 2. The Balaban J connectivity index is 1.62. The fourth-order valence-electron chi connectivity index (χ4n) is 4.71. The van der Waals surface area contributed by atoms with Crippen molar-refractivity contribution in [3.8, 4) is 17.1 Å². The van der Waals surface area contributed by atoms with E-state index in [1.54, 1.807) is 26.0 Å². The molecule has 32 heavy (non-hydrogen) atoms. The summed E-state index contributed by atoms with van der Waals surface area (Å²) in [4.78, 5) is 34.2. The van der Waals surface area contributed by atoms with Crippen molar-refractivity contribution in [2.24, 2.45) is 5.41 Å². The van der Waals surface area contributed by atoms with Crippen LogP contribution in [-0.4, -0.2) is 60.2 Å². The maximum atomic E-state index is 13.2. The minimum atomic E-state index is -3.33. The lowest BCUT2D eigenvalue weighted by Gasteiger charge is -2.51. The SMILES string of the molecule is CCS(=O)(=O)N1CC2(CC(=O)C(c3c(C)cc(-c4ncc(F)cn4)cc3OC)C(=O)C2)C1. The Hall–Kier alpha value is -2.72. The predicted octanol–water partition coefficient (Wildman–Crippen LogP) is 2.27. The molecule has 1 spiro atoms. The molecule has 1 aromatic carbocycles. The quantitative estimate of drug-likeness (QED) is 0.629. The summed E-state index contributed by atoms with van der Waals surface area (Å²) in [5, 5.41) is 0. The summed E-state index contributed by atoms with van der Waals surface area (Å²) in [5.74, 6) is -1.33. The molecule has 0 unspecified atom stereocenters. The number of ether oxygens (including phenoxy) is 1. The monoisotopic (exact) mass is 461 g/mol. The van der Waals surface area contributed by atoms with E-state index in [0.29, 0.717) is 28.3 Å². The molecule has 0 radical (unpaired) electrons. The molecule has 0 amide bonds. The van der Waals surface area contributed by atoms with Gasteiger partial charge < -0.3 is 4.74 Å². The number of sulfonamides is 1. The zero-order valence-corrected chi connectivity index (χ0v) is 18.9. The molecular weight excluding hydrogens is 437 g/mol. The second-order valence-electron chi connectivity index (χ2n) is 8.52. The number of nitrogens with zero attached hydrogens (tertiary/aromatic N) is 3. The molecule has 2 aliphatic rings. The average molecular weight is 462 g/mol. The normalized spacial score (nSPS) is 19.2. The zero-order valence-electron chi connectivity index (χ0n) is 18.1. The van der Waals surface area contributed by atoms with E-state index in [1.807, 2.05) is 0 Å². The summed E-state index contributed by atoms with van der Waals surface area (Å²) in [6, 6.07) is 3.38. The zero-order chi connectivity index (χ0) is 23.3. The third-order valence-corrected chi connectivity index (χ3v) is 8.03. The lowest BCUT2D eigenvalue weighted by atomic mass is 9.64. The van der Waals surface area contributed by atoms with Crippen molar-refractivity contribution in [3.05, 3.63) is 41.5 Å². The second-order valence-corrected chi connectivity index (χ2v) is 10.8. The number of hydrogen-bond acceptors (Lipinski definition) is 7. The van der Waals surface area contributed by atoms with Crippen molar-refractivity contribution in [1.29, 1.82) is 0 Å². The van der Waals surface area contributed by atoms with Crippen molar-refractivity contribution in [2.75, 3.05) is 26.0 Å². The van der Waals surface area contributed by atoms with E-state index in [0.717, 1.165) is 12.4 Å². The highest BCUT2D eigenvalue weighted by atomic mass is 32.2. The van der Waals surface area contributed by atoms with Gasteiger partial charge in [-0.2, -0.15) is 0 Å². The summed E-state index contributed by atoms with van der Waals surface area (Å²) in [6.45, 7) is 3.74. The number of halogens is 1. The lowest BCUT2D eigenvalue weighted by Crippen LogP contribution is -2.62. The van der Waals surface area contributed by atoms with E-state index in [-0.39, 0.29) is 43.3 Å². The molecule has 10 heteroatoms. The highest BCUT2D eigenvalue weighted by Gasteiger charge is 2.55. The lowest BCUT2D eigenvalue weighted by molar-refractivity contribution is -0.140. The Morgan fingerprint density at radius 2 is 1.75 bits per heavy atom. The first kappa shape index (κ1) is 22.5. The van der Waals surface area contributed by atoms with Crippen LogP contribution in [-0.2, 0) is 19.6 Å². The van der Waals surface area contributed by atoms with Gasteiger partial charge in [0.2, 0.25) is 10.0 Å². The molecule has 2 heterocycles. The average Bonchev–Trinajstić information content (AvgIpc) is 2.72. The molecule has 1 saturated heterocycles. The highest BCUT2D eigenvalue weighted by molar-refractivity contribution is 7.89. The highest BCUT2D eigenvalue weighted by Crippen LogP contribution is 2.48. The molecular formula is C22H24FN3O5S. The second kappa shape index (κ2) is 8.00. The number of rotatable bonds is 5. The van der Waals surface area contributed by atoms with E-state index in [4.69, 9.17) is 4.74 Å². The van der Waals surface area contributed by atoms with Crippen LogP contribution >= 0.6 is 0 Å². The molecule has 1 aliphatic heterocycles. The molecule has 4 rings (SSSR count). The summed E-state index contributed by atoms with van der Waals surface area (Å²) >= 11 is 0. The van der Waals surface area contributed by atoms with Gasteiger partial charge in [-0.25, -0.2) is 27.1 Å². The van der Waals surface area contributed by atoms with Crippen molar-refractivity contribution in [2.45, 2.75) is 32.6 Å².